The first-order valence-corrected chi connectivity index (χ1v) is 7.46. The van der Waals surface area contributed by atoms with Gasteiger partial charge in [-0.1, -0.05) is 30.3 Å². The molecule has 2 aliphatic heterocycles. The van der Waals surface area contributed by atoms with Gasteiger partial charge in [-0.15, -0.1) is 0 Å². The number of carbonyl (C=O) groups excluding carboxylic acids is 1. The summed E-state index contributed by atoms with van der Waals surface area (Å²) in [6.45, 7) is 2.24. The number of amides is 1. The summed E-state index contributed by atoms with van der Waals surface area (Å²) < 4.78 is 0. The molecule has 2 saturated heterocycles. The van der Waals surface area contributed by atoms with Crippen LogP contribution < -0.4 is 5.32 Å². The smallest absolute Gasteiger partial charge is 0.239 e. The molecule has 2 heterocycles. The Morgan fingerprint density at radius 1 is 1.35 bits per heavy atom. The average molecular weight is 274 g/mol. The van der Waals surface area contributed by atoms with Crippen molar-refractivity contribution in [2.45, 2.75) is 31.4 Å². The van der Waals surface area contributed by atoms with Crippen molar-refractivity contribution in [3.63, 3.8) is 0 Å². The Kier molecular flexibility index (Phi) is 4.03. The van der Waals surface area contributed by atoms with Gasteiger partial charge in [0.05, 0.1) is 12.1 Å². The van der Waals surface area contributed by atoms with Crippen LogP contribution in [-0.2, 0) is 11.2 Å². The first-order valence-electron chi connectivity index (χ1n) is 7.46. The molecule has 3 atom stereocenters. The van der Waals surface area contributed by atoms with Crippen LogP contribution >= 0.6 is 0 Å². The van der Waals surface area contributed by atoms with E-state index in [1.54, 1.807) is 0 Å². The van der Waals surface area contributed by atoms with Gasteiger partial charge in [-0.2, -0.15) is 0 Å². The number of benzene rings is 1. The van der Waals surface area contributed by atoms with Gasteiger partial charge in [0.15, 0.2) is 0 Å². The van der Waals surface area contributed by atoms with Gasteiger partial charge in [-0.3, -0.25) is 4.79 Å². The Labute approximate surface area is 119 Å². The third-order valence-electron chi connectivity index (χ3n) is 4.37. The van der Waals surface area contributed by atoms with E-state index in [2.05, 4.69) is 29.6 Å². The van der Waals surface area contributed by atoms with Gasteiger partial charge in [0.25, 0.3) is 0 Å². The van der Waals surface area contributed by atoms with Crippen LogP contribution in [-0.4, -0.2) is 47.7 Å². The number of hydrogen-bond donors (Lipinski definition) is 2. The maximum Gasteiger partial charge on any atom is 0.239 e. The summed E-state index contributed by atoms with van der Waals surface area (Å²) in [7, 11) is 0. The number of hydrogen-bond acceptors (Lipinski definition) is 3. The van der Waals surface area contributed by atoms with Crippen LogP contribution in [0.15, 0.2) is 30.3 Å². The summed E-state index contributed by atoms with van der Waals surface area (Å²) in [5.41, 5.74) is 1.35. The lowest BCUT2D eigenvalue weighted by molar-refractivity contribution is -0.132. The van der Waals surface area contributed by atoms with Gasteiger partial charge in [-0.05, 0) is 30.7 Å². The van der Waals surface area contributed by atoms with Crippen LogP contribution in [0.25, 0.3) is 0 Å². The summed E-state index contributed by atoms with van der Waals surface area (Å²) in [5.74, 6) is 0.727. The highest BCUT2D eigenvalue weighted by Crippen LogP contribution is 2.22. The molecule has 1 amide bonds. The molecule has 2 aliphatic rings. The number of carbonyl (C=O) groups is 1. The fraction of sp³-hybridized carbons (Fsp3) is 0.562. The van der Waals surface area contributed by atoms with Gasteiger partial charge in [0, 0.05) is 19.6 Å². The monoisotopic (exact) mass is 274 g/mol. The average Bonchev–Trinajstić information content (AvgIpc) is 3.08. The lowest BCUT2D eigenvalue weighted by Gasteiger charge is -2.20. The van der Waals surface area contributed by atoms with Crippen molar-refractivity contribution in [3.05, 3.63) is 35.9 Å². The number of β-amino-alcohol motifs (C(OH)–C–C–N with tert-alkyl or cyclic N) is 1. The summed E-state index contributed by atoms with van der Waals surface area (Å²) in [6, 6.07) is 10.3. The SMILES string of the molecule is O=C(C1CC(O)CN1)N1CCC(Cc2ccccc2)C1. The van der Waals surface area contributed by atoms with Gasteiger partial charge < -0.3 is 15.3 Å². The van der Waals surface area contributed by atoms with E-state index >= 15 is 0 Å². The predicted octanol–water partition coefficient (Wildman–Crippen LogP) is 0.800. The van der Waals surface area contributed by atoms with Crippen molar-refractivity contribution < 1.29 is 9.90 Å². The molecule has 0 bridgehead atoms. The zero-order valence-electron chi connectivity index (χ0n) is 11.7. The quantitative estimate of drug-likeness (QED) is 0.857. The van der Waals surface area contributed by atoms with E-state index in [1.165, 1.54) is 5.56 Å². The minimum absolute atomic E-state index is 0.164. The second-order valence-electron chi connectivity index (χ2n) is 5.98. The highest BCUT2D eigenvalue weighted by molar-refractivity contribution is 5.82. The van der Waals surface area contributed by atoms with Gasteiger partial charge in [-0.25, -0.2) is 0 Å². The summed E-state index contributed by atoms with van der Waals surface area (Å²) >= 11 is 0. The lowest BCUT2D eigenvalue weighted by atomic mass is 9.99. The van der Waals surface area contributed by atoms with Crippen LogP contribution in [0.1, 0.15) is 18.4 Å². The fourth-order valence-corrected chi connectivity index (χ4v) is 3.27. The second kappa shape index (κ2) is 5.94. The maximum atomic E-state index is 12.3. The van der Waals surface area contributed by atoms with Crippen molar-refractivity contribution in [2.75, 3.05) is 19.6 Å². The van der Waals surface area contributed by atoms with Gasteiger partial charge in [0.1, 0.15) is 0 Å². The molecule has 4 heteroatoms. The molecule has 3 unspecified atom stereocenters. The molecule has 1 aromatic carbocycles. The Morgan fingerprint density at radius 2 is 2.15 bits per heavy atom. The maximum absolute atomic E-state index is 12.3. The number of rotatable bonds is 3. The molecule has 2 fully saturated rings. The molecule has 0 saturated carbocycles. The molecule has 0 spiro atoms. The minimum Gasteiger partial charge on any atom is -0.392 e. The van der Waals surface area contributed by atoms with Crippen molar-refractivity contribution in [1.29, 1.82) is 0 Å². The molecule has 20 heavy (non-hydrogen) atoms. The van der Waals surface area contributed by atoms with E-state index in [-0.39, 0.29) is 18.1 Å². The Morgan fingerprint density at radius 3 is 2.85 bits per heavy atom. The highest BCUT2D eigenvalue weighted by Gasteiger charge is 2.34. The van der Waals surface area contributed by atoms with E-state index in [0.717, 1.165) is 25.9 Å². The molecule has 0 aromatic heterocycles. The molecular formula is C16H22N2O2. The van der Waals surface area contributed by atoms with Gasteiger partial charge in [0.2, 0.25) is 5.91 Å². The number of aliphatic hydroxyl groups excluding tert-OH is 1. The van der Waals surface area contributed by atoms with Crippen molar-refractivity contribution in [3.8, 4) is 0 Å². The highest BCUT2D eigenvalue weighted by atomic mass is 16.3. The summed E-state index contributed by atoms with van der Waals surface area (Å²) in [5, 5.41) is 12.6. The van der Waals surface area contributed by atoms with Crippen molar-refractivity contribution in [1.82, 2.24) is 10.2 Å². The number of aliphatic hydroxyl groups is 1. The van der Waals surface area contributed by atoms with Crippen LogP contribution in [0.5, 0.6) is 0 Å². The standard InChI is InChI=1S/C16H22N2O2/c19-14-9-15(17-10-14)16(20)18-7-6-13(11-18)8-12-4-2-1-3-5-12/h1-5,13-15,17,19H,6-11H2. The fourth-order valence-electron chi connectivity index (χ4n) is 3.27. The molecule has 0 aliphatic carbocycles. The number of likely N-dealkylation sites (tertiary alicyclic amines) is 1. The zero-order valence-corrected chi connectivity index (χ0v) is 11.7. The molecule has 108 valence electrons. The first kappa shape index (κ1) is 13.6. The third-order valence-corrected chi connectivity index (χ3v) is 4.37. The first-order chi connectivity index (χ1) is 9.72. The molecule has 1 aromatic rings. The van der Waals surface area contributed by atoms with Gasteiger partial charge >= 0.3 is 0 Å². The minimum atomic E-state index is -0.369. The summed E-state index contributed by atoms with van der Waals surface area (Å²) in [6.07, 6.45) is 2.31. The molecule has 2 N–H and O–H groups in total. The largest absolute Gasteiger partial charge is 0.392 e. The lowest BCUT2D eigenvalue weighted by Crippen LogP contribution is -2.42. The molecular weight excluding hydrogens is 252 g/mol. The van der Waals surface area contributed by atoms with Crippen molar-refractivity contribution in [2.24, 2.45) is 5.92 Å². The van der Waals surface area contributed by atoms with E-state index < -0.39 is 0 Å². The van der Waals surface area contributed by atoms with E-state index in [1.807, 2.05) is 11.0 Å². The number of nitrogens with one attached hydrogen (secondary N) is 1. The van der Waals surface area contributed by atoms with E-state index in [9.17, 15) is 9.90 Å². The molecule has 0 radical (unpaired) electrons. The molecule has 3 rings (SSSR count). The van der Waals surface area contributed by atoms with Crippen molar-refractivity contribution >= 4 is 5.91 Å². The number of nitrogens with zero attached hydrogens (tertiary/aromatic N) is 1. The predicted molar refractivity (Wildman–Crippen MR) is 77.2 cm³/mol. The Balaban J connectivity index is 1.53. The second-order valence-corrected chi connectivity index (χ2v) is 5.98. The summed E-state index contributed by atoms with van der Waals surface area (Å²) in [4.78, 5) is 14.3. The van der Waals surface area contributed by atoms with E-state index in [0.29, 0.717) is 18.9 Å². The van der Waals surface area contributed by atoms with Crippen LogP contribution in [0.4, 0.5) is 0 Å². The zero-order chi connectivity index (χ0) is 13.9. The Hall–Kier alpha value is -1.39. The normalized spacial score (nSPS) is 29.9. The third kappa shape index (κ3) is 3.02. The Bertz CT molecular complexity index is 463. The van der Waals surface area contributed by atoms with Crippen LogP contribution in [0.3, 0.4) is 0 Å². The van der Waals surface area contributed by atoms with E-state index in [4.69, 9.17) is 0 Å². The topological polar surface area (TPSA) is 52.6 Å². The van der Waals surface area contributed by atoms with Crippen LogP contribution in [0.2, 0.25) is 0 Å². The molecule has 4 nitrogen and oxygen atoms in total. The van der Waals surface area contributed by atoms with Crippen LogP contribution in [0, 0.1) is 5.92 Å².